The molecule has 1 heterocycles. The summed E-state index contributed by atoms with van der Waals surface area (Å²) in [5.41, 5.74) is 0.992. The Bertz CT molecular complexity index is 274. The van der Waals surface area contributed by atoms with Crippen LogP contribution in [0.3, 0.4) is 0 Å². The van der Waals surface area contributed by atoms with E-state index in [1.165, 1.54) is 32.1 Å². The number of unbranched alkanes of at least 4 members (excludes halogenated alkanes) is 5. The predicted octanol–water partition coefficient (Wildman–Crippen LogP) is 3.74. The van der Waals surface area contributed by atoms with Gasteiger partial charge in [0.15, 0.2) is 0 Å². The van der Waals surface area contributed by atoms with E-state index in [0.29, 0.717) is 6.42 Å². The number of aliphatic hydroxyl groups is 1. The Morgan fingerprint density at radius 2 is 1.88 bits per heavy atom. The predicted molar refractivity (Wildman–Crippen MR) is 71.9 cm³/mol. The lowest BCUT2D eigenvalue weighted by Crippen LogP contribution is -2.11. The maximum atomic E-state index is 9.87. The lowest BCUT2D eigenvalue weighted by molar-refractivity contribution is 0.159. The van der Waals surface area contributed by atoms with Gasteiger partial charge in [-0.1, -0.05) is 51.5 Å². The number of aliphatic hydroxyl groups excluding tert-OH is 1. The molecule has 2 heteroatoms. The zero-order valence-electron chi connectivity index (χ0n) is 10.9. The summed E-state index contributed by atoms with van der Waals surface area (Å²) in [6.07, 6.45) is 10.8. The van der Waals surface area contributed by atoms with Gasteiger partial charge in [-0.2, -0.15) is 0 Å². The molecule has 0 aromatic carbocycles. The minimum Gasteiger partial charge on any atom is -0.393 e. The third-order valence-electron chi connectivity index (χ3n) is 3.06. The molecule has 0 saturated heterocycles. The Hall–Kier alpha value is -0.890. The summed E-state index contributed by atoms with van der Waals surface area (Å²) in [7, 11) is 0. The maximum Gasteiger partial charge on any atom is 0.0595 e. The average molecular weight is 235 g/mol. The standard InChI is InChI=1S/C15H25NO/c1-2-3-4-5-6-7-11-15(17)13-14-10-8-9-12-16-14/h8-10,12,15,17H,2-7,11,13H2,1H3. The van der Waals surface area contributed by atoms with Gasteiger partial charge in [0.2, 0.25) is 0 Å². The number of hydrogen-bond acceptors (Lipinski definition) is 2. The Labute approximate surface area is 105 Å². The number of rotatable bonds is 9. The molecule has 1 atom stereocenters. The van der Waals surface area contributed by atoms with Gasteiger partial charge in [-0.15, -0.1) is 0 Å². The highest BCUT2D eigenvalue weighted by atomic mass is 16.3. The summed E-state index contributed by atoms with van der Waals surface area (Å²) in [6, 6.07) is 5.86. The summed E-state index contributed by atoms with van der Waals surface area (Å²) in [5.74, 6) is 0. The summed E-state index contributed by atoms with van der Waals surface area (Å²) >= 11 is 0. The number of pyridine rings is 1. The van der Waals surface area contributed by atoms with Gasteiger partial charge in [0, 0.05) is 18.3 Å². The molecule has 1 aromatic heterocycles. The van der Waals surface area contributed by atoms with Crippen LogP contribution in [0.5, 0.6) is 0 Å². The van der Waals surface area contributed by atoms with Crippen molar-refractivity contribution in [1.82, 2.24) is 4.98 Å². The lowest BCUT2D eigenvalue weighted by atomic mass is 10.0. The molecule has 0 fully saturated rings. The van der Waals surface area contributed by atoms with E-state index < -0.39 is 0 Å². The second-order valence-electron chi connectivity index (χ2n) is 4.74. The maximum absolute atomic E-state index is 9.87. The Kier molecular flexibility index (Phi) is 7.65. The number of nitrogens with zero attached hydrogens (tertiary/aromatic N) is 1. The molecule has 0 radical (unpaired) electrons. The van der Waals surface area contributed by atoms with Crippen LogP contribution in [-0.4, -0.2) is 16.2 Å². The SMILES string of the molecule is CCCCCCCCC(O)Cc1ccccn1. The van der Waals surface area contributed by atoms with Crippen molar-refractivity contribution in [3.05, 3.63) is 30.1 Å². The molecule has 17 heavy (non-hydrogen) atoms. The van der Waals surface area contributed by atoms with Crippen molar-refractivity contribution in [2.75, 3.05) is 0 Å². The van der Waals surface area contributed by atoms with Gasteiger partial charge >= 0.3 is 0 Å². The molecule has 1 rings (SSSR count). The molecule has 0 aliphatic heterocycles. The van der Waals surface area contributed by atoms with Crippen molar-refractivity contribution in [3.8, 4) is 0 Å². The highest BCUT2D eigenvalue weighted by molar-refractivity contribution is 5.04. The quantitative estimate of drug-likeness (QED) is 0.661. The largest absolute Gasteiger partial charge is 0.393 e. The molecule has 0 spiro atoms. The summed E-state index contributed by atoms with van der Waals surface area (Å²) in [4.78, 5) is 4.23. The topological polar surface area (TPSA) is 33.1 Å². The second kappa shape index (κ2) is 9.17. The van der Waals surface area contributed by atoms with Crippen LogP contribution in [0.1, 0.15) is 57.6 Å². The highest BCUT2D eigenvalue weighted by Crippen LogP contribution is 2.10. The highest BCUT2D eigenvalue weighted by Gasteiger charge is 2.05. The second-order valence-corrected chi connectivity index (χ2v) is 4.74. The van der Waals surface area contributed by atoms with Crippen molar-refractivity contribution in [2.45, 2.75) is 64.4 Å². The first-order valence-corrected chi connectivity index (χ1v) is 6.91. The van der Waals surface area contributed by atoms with Crippen molar-refractivity contribution < 1.29 is 5.11 Å². The zero-order chi connectivity index (χ0) is 12.3. The first kappa shape index (κ1) is 14.2. The van der Waals surface area contributed by atoms with Crippen LogP contribution >= 0.6 is 0 Å². The molecule has 0 bridgehead atoms. The van der Waals surface area contributed by atoms with Gasteiger partial charge in [-0.05, 0) is 18.6 Å². The molecule has 0 amide bonds. The van der Waals surface area contributed by atoms with E-state index in [2.05, 4.69) is 11.9 Å². The fraction of sp³-hybridized carbons (Fsp3) is 0.667. The monoisotopic (exact) mass is 235 g/mol. The van der Waals surface area contributed by atoms with E-state index in [0.717, 1.165) is 18.5 Å². The van der Waals surface area contributed by atoms with Crippen LogP contribution in [0.25, 0.3) is 0 Å². The Morgan fingerprint density at radius 3 is 2.59 bits per heavy atom. The van der Waals surface area contributed by atoms with Crippen molar-refractivity contribution in [3.63, 3.8) is 0 Å². The van der Waals surface area contributed by atoms with Crippen molar-refractivity contribution in [2.24, 2.45) is 0 Å². The molecule has 0 aliphatic carbocycles. The normalized spacial score (nSPS) is 12.6. The summed E-state index contributed by atoms with van der Waals surface area (Å²) < 4.78 is 0. The minimum absolute atomic E-state index is 0.226. The van der Waals surface area contributed by atoms with E-state index in [1.54, 1.807) is 6.20 Å². The first-order valence-electron chi connectivity index (χ1n) is 6.91. The number of aromatic nitrogens is 1. The van der Waals surface area contributed by atoms with Crippen LogP contribution in [0.15, 0.2) is 24.4 Å². The van der Waals surface area contributed by atoms with E-state index in [-0.39, 0.29) is 6.10 Å². The summed E-state index contributed by atoms with van der Waals surface area (Å²) in [5, 5.41) is 9.87. The van der Waals surface area contributed by atoms with E-state index in [9.17, 15) is 5.11 Å². The molecule has 1 N–H and O–H groups in total. The lowest BCUT2D eigenvalue weighted by Gasteiger charge is -2.09. The molecule has 2 nitrogen and oxygen atoms in total. The average Bonchev–Trinajstić information content (AvgIpc) is 2.35. The first-order chi connectivity index (χ1) is 8.33. The van der Waals surface area contributed by atoms with Crippen LogP contribution in [-0.2, 0) is 6.42 Å². The van der Waals surface area contributed by atoms with Crippen molar-refractivity contribution >= 4 is 0 Å². The van der Waals surface area contributed by atoms with E-state index in [4.69, 9.17) is 0 Å². The van der Waals surface area contributed by atoms with Gasteiger partial charge in [0.05, 0.1) is 6.10 Å². The van der Waals surface area contributed by atoms with Crippen molar-refractivity contribution in [1.29, 1.82) is 0 Å². The van der Waals surface area contributed by atoms with Crippen LogP contribution in [0.2, 0.25) is 0 Å². The van der Waals surface area contributed by atoms with Crippen LogP contribution in [0.4, 0.5) is 0 Å². The van der Waals surface area contributed by atoms with Gasteiger partial charge in [-0.25, -0.2) is 0 Å². The molecular formula is C15H25NO. The third kappa shape index (κ3) is 7.11. The zero-order valence-corrected chi connectivity index (χ0v) is 10.9. The Morgan fingerprint density at radius 1 is 1.12 bits per heavy atom. The molecule has 1 unspecified atom stereocenters. The van der Waals surface area contributed by atoms with Gasteiger partial charge in [0.1, 0.15) is 0 Å². The van der Waals surface area contributed by atoms with Crippen LogP contribution in [0, 0.1) is 0 Å². The molecular weight excluding hydrogens is 210 g/mol. The fourth-order valence-electron chi connectivity index (χ4n) is 2.02. The minimum atomic E-state index is -0.226. The van der Waals surface area contributed by atoms with Gasteiger partial charge in [-0.3, -0.25) is 4.98 Å². The van der Waals surface area contributed by atoms with E-state index >= 15 is 0 Å². The number of hydrogen-bond donors (Lipinski definition) is 1. The van der Waals surface area contributed by atoms with Gasteiger partial charge in [0.25, 0.3) is 0 Å². The molecule has 0 aliphatic rings. The smallest absolute Gasteiger partial charge is 0.0595 e. The molecule has 1 aromatic rings. The van der Waals surface area contributed by atoms with Crippen LogP contribution < -0.4 is 0 Å². The third-order valence-corrected chi connectivity index (χ3v) is 3.06. The van der Waals surface area contributed by atoms with E-state index in [1.807, 2.05) is 18.2 Å². The molecule has 0 saturated carbocycles. The molecule has 96 valence electrons. The fourth-order valence-corrected chi connectivity index (χ4v) is 2.02. The Balaban J connectivity index is 2.03. The van der Waals surface area contributed by atoms with Gasteiger partial charge < -0.3 is 5.11 Å². The summed E-state index contributed by atoms with van der Waals surface area (Å²) in [6.45, 7) is 2.23.